The molecule has 0 saturated carbocycles. The third kappa shape index (κ3) is 4.39. The Kier molecular flexibility index (Phi) is 7.04. The predicted octanol–water partition coefficient (Wildman–Crippen LogP) is 4.34. The fraction of sp³-hybridized carbons (Fsp3) is 1.00. The number of hydrogen-bond acceptors (Lipinski definition) is 2. The molecular weight excluding hydrogens is 275 g/mol. The van der Waals surface area contributed by atoms with Gasteiger partial charge in [0.05, 0.1) is 5.60 Å². The van der Waals surface area contributed by atoms with Gasteiger partial charge in [-0.25, -0.2) is 0 Å². The van der Waals surface area contributed by atoms with Crippen LogP contribution in [0.5, 0.6) is 0 Å². The van der Waals surface area contributed by atoms with E-state index >= 15 is 0 Å². The zero-order valence-corrected chi connectivity index (χ0v) is 14.2. The summed E-state index contributed by atoms with van der Waals surface area (Å²) in [6.45, 7) is 10.3. The average molecular weight is 301 g/mol. The summed E-state index contributed by atoms with van der Waals surface area (Å²) in [6.07, 6.45) is 0.324. The maximum Gasteiger partial charge on any atom is 0.192 e. The monoisotopic (exact) mass is 300 g/mol. The van der Waals surface area contributed by atoms with Crippen LogP contribution in [0.3, 0.4) is 0 Å². The largest absolute Gasteiger partial charge is 0.409 e. The maximum atomic E-state index is 9.02. The molecule has 0 radical (unpaired) electrons. The van der Waals surface area contributed by atoms with E-state index in [9.17, 15) is 0 Å². The van der Waals surface area contributed by atoms with Gasteiger partial charge in [-0.05, 0) is 32.0 Å². The molecule has 17 heavy (non-hydrogen) atoms. The Morgan fingerprint density at radius 3 is 1.76 bits per heavy atom. The van der Waals surface area contributed by atoms with E-state index in [2.05, 4.69) is 20.8 Å². The van der Waals surface area contributed by atoms with E-state index in [4.69, 9.17) is 32.7 Å². The van der Waals surface area contributed by atoms with Gasteiger partial charge in [-0.3, -0.25) is 0 Å². The molecule has 0 aliphatic carbocycles. The first-order valence-corrected chi connectivity index (χ1v) is 9.67. The molecule has 0 atom stereocenters. The van der Waals surface area contributed by atoms with Gasteiger partial charge in [0.15, 0.2) is 8.32 Å². The molecule has 1 N–H and O–H groups in total. The number of hydrogen-bond donors (Lipinski definition) is 1. The number of halogens is 2. The lowest BCUT2D eigenvalue weighted by atomic mass is 10.0. The van der Waals surface area contributed by atoms with E-state index in [1.54, 1.807) is 0 Å². The summed E-state index contributed by atoms with van der Waals surface area (Å²) in [5.41, 5.74) is -0.632. The minimum absolute atomic E-state index is 0.0290. The van der Waals surface area contributed by atoms with Gasteiger partial charge in [0.2, 0.25) is 0 Å². The van der Waals surface area contributed by atoms with Gasteiger partial charge in [-0.1, -0.05) is 44.0 Å². The third-order valence-electron chi connectivity index (χ3n) is 3.71. The second-order valence-electron chi connectivity index (χ2n) is 5.03. The summed E-state index contributed by atoms with van der Waals surface area (Å²) in [6, 6.07) is 3.19. The van der Waals surface area contributed by atoms with Crippen LogP contribution in [0.1, 0.15) is 41.0 Å². The van der Waals surface area contributed by atoms with Gasteiger partial charge in [-0.15, -0.1) is 0 Å². The van der Waals surface area contributed by atoms with Crippen molar-refractivity contribution in [3.63, 3.8) is 0 Å². The van der Waals surface area contributed by atoms with Crippen LogP contribution in [0, 0.1) is 0 Å². The molecule has 0 saturated heterocycles. The van der Waals surface area contributed by atoms with Crippen LogP contribution < -0.4 is 0 Å². The fourth-order valence-electron chi connectivity index (χ4n) is 2.02. The molecule has 0 aliphatic rings. The zero-order chi connectivity index (χ0) is 13.7. The number of aliphatic hydroxyl groups excluding tert-OH is 1. The third-order valence-corrected chi connectivity index (χ3v) is 9.81. The van der Waals surface area contributed by atoms with Crippen molar-refractivity contribution in [2.45, 2.75) is 69.1 Å². The molecule has 0 unspecified atom stereocenters. The van der Waals surface area contributed by atoms with Crippen LogP contribution in [0.15, 0.2) is 0 Å². The maximum absolute atomic E-state index is 9.02. The molecule has 0 rings (SSSR count). The highest BCUT2D eigenvalue weighted by atomic mass is 35.5. The summed E-state index contributed by atoms with van der Waals surface area (Å²) < 4.78 is 5.31. The molecule has 0 aromatic rings. The number of alkyl halides is 2. The van der Waals surface area contributed by atoms with E-state index in [1.807, 2.05) is 13.8 Å². The van der Waals surface area contributed by atoms with Crippen LogP contribution in [-0.4, -0.2) is 30.0 Å². The molecule has 0 aliphatic heterocycles. The molecule has 104 valence electrons. The second kappa shape index (κ2) is 6.76. The van der Waals surface area contributed by atoms with E-state index in [0.29, 0.717) is 6.42 Å². The Bertz CT molecular complexity index is 220. The van der Waals surface area contributed by atoms with E-state index < -0.39 is 18.3 Å². The summed E-state index contributed by atoms with van der Waals surface area (Å²) in [4.78, 5) is 0. The number of rotatable bonds is 8. The summed E-state index contributed by atoms with van der Waals surface area (Å²) in [5.74, 6) is 0. The molecule has 0 heterocycles. The number of aliphatic hydroxyl groups is 1. The molecule has 0 bridgehead atoms. The van der Waals surface area contributed by atoms with Crippen LogP contribution in [-0.2, 0) is 4.43 Å². The minimum atomic E-state index is -1.74. The molecule has 0 amide bonds. The Balaban J connectivity index is 4.94. The van der Waals surface area contributed by atoms with Gasteiger partial charge in [-0.2, -0.15) is 0 Å². The molecule has 0 fully saturated rings. The highest BCUT2D eigenvalue weighted by molar-refractivity contribution is 6.73. The lowest BCUT2D eigenvalue weighted by Gasteiger charge is -2.44. The highest BCUT2D eigenvalue weighted by Gasteiger charge is 2.47. The van der Waals surface area contributed by atoms with Gasteiger partial charge >= 0.3 is 0 Å². The second-order valence-corrected chi connectivity index (χ2v) is 11.2. The van der Waals surface area contributed by atoms with Crippen molar-refractivity contribution in [1.29, 1.82) is 0 Å². The molecule has 0 aromatic heterocycles. The summed E-state index contributed by atoms with van der Waals surface area (Å²) in [7, 11) is -1.74. The molecule has 0 spiro atoms. The van der Waals surface area contributed by atoms with Gasteiger partial charge in [0.25, 0.3) is 0 Å². The predicted molar refractivity (Wildman–Crippen MR) is 78.5 cm³/mol. The normalized spacial score (nSPS) is 14.1. The van der Waals surface area contributed by atoms with E-state index in [1.165, 1.54) is 0 Å². The van der Waals surface area contributed by atoms with Crippen molar-refractivity contribution in [3.05, 3.63) is 0 Å². The van der Waals surface area contributed by atoms with E-state index in [0.717, 1.165) is 18.1 Å². The SMILES string of the molecule is CC[Si](CC)(CC)OC(C)(C)C(Cl)(Cl)CCO. The first-order chi connectivity index (χ1) is 7.70. The molecule has 0 aromatic carbocycles. The van der Waals surface area contributed by atoms with E-state index in [-0.39, 0.29) is 6.61 Å². The first-order valence-electron chi connectivity index (χ1n) is 6.39. The van der Waals surface area contributed by atoms with Gasteiger partial charge in [0.1, 0.15) is 4.33 Å². The van der Waals surface area contributed by atoms with Crippen LogP contribution in [0.2, 0.25) is 18.1 Å². The standard InChI is InChI=1S/C12H26Cl2O2Si/c1-6-17(7-2,8-3)16-11(4,5)12(13,14)9-10-15/h15H,6-10H2,1-5H3. The van der Waals surface area contributed by atoms with Crippen LogP contribution >= 0.6 is 23.2 Å². The van der Waals surface area contributed by atoms with Crippen molar-refractivity contribution in [3.8, 4) is 0 Å². The average Bonchev–Trinajstić information content (AvgIpc) is 2.26. The van der Waals surface area contributed by atoms with Gasteiger partial charge in [0, 0.05) is 13.0 Å². The first kappa shape index (κ1) is 17.7. The van der Waals surface area contributed by atoms with Crippen molar-refractivity contribution >= 4 is 31.5 Å². The van der Waals surface area contributed by atoms with Crippen LogP contribution in [0.4, 0.5) is 0 Å². The summed E-state index contributed by atoms with van der Waals surface area (Å²) in [5, 5.41) is 9.02. The Hall–Kier alpha value is 0.717. The van der Waals surface area contributed by atoms with Crippen molar-refractivity contribution in [2.75, 3.05) is 6.61 Å². The Labute approximate surface area is 117 Å². The lowest BCUT2D eigenvalue weighted by molar-refractivity contribution is 0.0669. The van der Waals surface area contributed by atoms with Crippen molar-refractivity contribution in [2.24, 2.45) is 0 Å². The molecule has 5 heteroatoms. The van der Waals surface area contributed by atoms with Crippen molar-refractivity contribution < 1.29 is 9.53 Å². The topological polar surface area (TPSA) is 29.5 Å². The minimum Gasteiger partial charge on any atom is -0.409 e. The molecular formula is C12H26Cl2O2Si. The van der Waals surface area contributed by atoms with Gasteiger partial charge < -0.3 is 9.53 Å². The summed E-state index contributed by atoms with van der Waals surface area (Å²) >= 11 is 12.6. The quantitative estimate of drug-likeness (QED) is 0.534. The van der Waals surface area contributed by atoms with Crippen LogP contribution in [0.25, 0.3) is 0 Å². The Morgan fingerprint density at radius 2 is 1.47 bits per heavy atom. The zero-order valence-electron chi connectivity index (χ0n) is 11.6. The van der Waals surface area contributed by atoms with Crippen molar-refractivity contribution in [1.82, 2.24) is 0 Å². The fourth-order valence-corrected chi connectivity index (χ4v) is 5.59. The smallest absolute Gasteiger partial charge is 0.192 e. The lowest BCUT2D eigenvalue weighted by Crippen LogP contribution is -2.52. The molecule has 2 nitrogen and oxygen atoms in total. The highest BCUT2D eigenvalue weighted by Crippen LogP contribution is 2.42. The Morgan fingerprint density at radius 1 is 1.06 bits per heavy atom.